The molecule has 3 nitrogen and oxygen atoms in total. The van der Waals surface area contributed by atoms with E-state index < -0.39 is 0 Å². The molecule has 4 heteroatoms. The summed E-state index contributed by atoms with van der Waals surface area (Å²) in [6.07, 6.45) is 1.03. The van der Waals surface area contributed by atoms with Gasteiger partial charge in [0.05, 0.1) is 16.7 Å². The summed E-state index contributed by atoms with van der Waals surface area (Å²) < 4.78 is 1.07. The lowest BCUT2D eigenvalue weighted by Gasteiger charge is -2.24. The molecule has 0 spiro atoms. The molecule has 2 heterocycles. The van der Waals surface area contributed by atoms with Crippen LogP contribution in [-0.2, 0) is 6.42 Å². The zero-order chi connectivity index (χ0) is 17.0. The Morgan fingerprint density at radius 2 is 1.80 bits per heavy atom. The second-order valence-corrected chi connectivity index (χ2v) is 7.26. The highest BCUT2D eigenvalue weighted by molar-refractivity contribution is 9.10. The maximum atomic E-state index is 6.08. The van der Waals surface area contributed by atoms with E-state index in [2.05, 4.69) is 63.3 Å². The fraction of sp³-hybridized carbons (Fsp3) is 0.0952. The van der Waals surface area contributed by atoms with Crippen molar-refractivity contribution < 1.29 is 0 Å². The first-order chi connectivity index (χ1) is 12.2. The van der Waals surface area contributed by atoms with E-state index in [1.54, 1.807) is 0 Å². The van der Waals surface area contributed by atoms with Crippen LogP contribution in [0.25, 0.3) is 21.8 Å². The van der Waals surface area contributed by atoms with Gasteiger partial charge in [-0.25, -0.2) is 4.98 Å². The fourth-order valence-corrected chi connectivity index (χ4v) is 4.33. The highest BCUT2D eigenvalue weighted by atomic mass is 79.9. The Morgan fingerprint density at radius 3 is 2.72 bits per heavy atom. The molecule has 0 saturated heterocycles. The van der Waals surface area contributed by atoms with Crippen molar-refractivity contribution in [3.8, 4) is 0 Å². The van der Waals surface area contributed by atoms with Crippen LogP contribution in [0.1, 0.15) is 5.56 Å². The van der Waals surface area contributed by atoms with Crippen LogP contribution in [-0.4, -0.2) is 11.5 Å². The van der Waals surface area contributed by atoms with Crippen molar-refractivity contribution >= 4 is 54.8 Å². The third kappa shape index (κ3) is 2.21. The van der Waals surface area contributed by atoms with Gasteiger partial charge in [0.2, 0.25) is 0 Å². The number of aromatic nitrogens is 1. The van der Waals surface area contributed by atoms with Gasteiger partial charge in [0.25, 0.3) is 0 Å². The normalized spacial score (nSPS) is 13.6. The van der Waals surface area contributed by atoms with Crippen LogP contribution >= 0.6 is 15.9 Å². The Kier molecular flexibility index (Phi) is 3.22. The van der Waals surface area contributed by atoms with Gasteiger partial charge < -0.3 is 10.6 Å². The fourth-order valence-electron chi connectivity index (χ4n) is 3.79. The number of hydrogen-bond acceptors (Lipinski definition) is 3. The largest absolute Gasteiger partial charge is 0.399 e. The zero-order valence-corrected chi connectivity index (χ0v) is 15.1. The summed E-state index contributed by atoms with van der Waals surface area (Å²) in [5.41, 5.74) is 12.6. The van der Waals surface area contributed by atoms with Gasteiger partial charge in [0.1, 0.15) is 0 Å². The minimum atomic E-state index is 0.799. The molecule has 0 amide bonds. The third-order valence-electron chi connectivity index (χ3n) is 4.90. The lowest BCUT2D eigenvalue weighted by molar-refractivity contribution is 1.01. The Morgan fingerprint density at radius 1 is 0.960 bits per heavy atom. The van der Waals surface area contributed by atoms with E-state index in [9.17, 15) is 0 Å². The first-order valence-corrected chi connectivity index (χ1v) is 9.14. The van der Waals surface area contributed by atoms with E-state index in [0.717, 1.165) is 44.9 Å². The first-order valence-electron chi connectivity index (χ1n) is 8.35. The van der Waals surface area contributed by atoms with Gasteiger partial charge in [-0.05, 0) is 42.3 Å². The van der Waals surface area contributed by atoms with E-state index in [0.29, 0.717) is 0 Å². The topological polar surface area (TPSA) is 42.1 Å². The summed E-state index contributed by atoms with van der Waals surface area (Å²) in [6, 6.07) is 20.8. The van der Waals surface area contributed by atoms with Gasteiger partial charge >= 0.3 is 0 Å². The molecule has 1 aliphatic heterocycles. The number of pyridine rings is 1. The van der Waals surface area contributed by atoms with E-state index >= 15 is 0 Å². The summed E-state index contributed by atoms with van der Waals surface area (Å²) in [5, 5.41) is 2.31. The van der Waals surface area contributed by atoms with Crippen molar-refractivity contribution in [2.24, 2.45) is 0 Å². The molecule has 0 bridgehead atoms. The average Bonchev–Trinajstić information content (AvgIpc) is 3.03. The second-order valence-electron chi connectivity index (χ2n) is 6.40. The van der Waals surface area contributed by atoms with Crippen LogP contribution in [0, 0.1) is 0 Å². The quantitative estimate of drug-likeness (QED) is 0.348. The number of nitrogens with zero attached hydrogens (tertiary/aromatic N) is 2. The van der Waals surface area contributed by atoms with Gasteiger partial charge in [-0.1, -0.05) is 46.3 Å². The maximum absolute atomic E-state index is 6.08. The number of nitrogen functional groups attached to an aromatic ring is 1. The molecule has 0 radical (unpaired) electrons. The van der Waals surface area contributed by atoms with Crippen molar-refractivity contribution in [2.75, 3.05) is 17.2 Å². The summed E-state index contributed by atoms with van der Waals surface area (Å²) in [4.78, 5) is 7.25. The number of anilines is 3. The van der Waals surface area contributed by atoms with Crippen molar-refractivity contribution in [1.82, 2.24) is 4.98 Å². The molecular weight excluding hydrogens is 374 g/mol. The molecule has 1 aromatic heterocycles. The summed E-state index contributed by atoms with van der Waals surface area (Å²) in [5.74, 6) is 0. The van der Waals surface area contributed by atoms with Gasteiger partial charge in [-0.15, -0.1) is 0 Å². The molecule has 5 rings (SSSR count). The molecule has 0 atom stereocenters. The van der Waals surface area contributed by atoms with E-state index in [1.807, 2.05) is 18.2 Å². The Bertz CT molecular complexity index is 1140. The lowest BCUT2D eigenvalue weighted by Crippen LogP contribution is -2.15. The minimum Gasteiger partial charge on any atom is -0.399 e. The van der Waals surface area contributed by atoms with Gasteiger partial charge in [-0.2, -0.15) is 0 Å². The van der Waals surface area contributed by atoms with Crippen molar-refractivity contribution in [1.29, 1.82) is 0 Å². The number of rotatable bonds is 1. The number of hydrogen-bond donors (Lipinski definition) is 1. The Labute approximate surface area is 154 Å². The van der Waals surface area contributed by atoms with Gasteiger partial charge in [0.15, 0.2) is 0 Å². The van der Waals surface area contributed by atoms with E-state index in [-0.39, 0.29) is 0 Å². The average molecular weight is 390 g/mol. The molecule has 1 aliphatic rings. The SMILES string of the molecule is Nc1ccc2c(c1)N(c1c3ccccc3nc3cccc(Br)c13)CC2. The monoisotopic (exact) mass is 389 g/mol. The van der Waals surface area contributed by atoms with Gasteiger partial charge in [0, 0.05) is 33.2 Å². The van der Waals surface area contributed by atoms with Crippen molar-refractivity contribution in [2.45, 2.75) is 6.42 Å². The highest BCUT2D eigenvalue weighted by Crippen LogP contribution is 2.44. The standard InChI is InChI=1S/C21H16BrN3/c22-16-5-3-7-18-20(16)21(15-4-1-2-6-17(15)24-18)25-11-10-13-8-9-14(23)12-19(13)25/h1-9,12H,10-11,23H2. The van der Waals surface area contributed by atoms with Crippen LogP contribution in [0.5, 0.6) is 0 Å². The lowest BCUT2D eigenvalue weighted by atomic mass is 10.1. The maximum Gasteiger partial charge on any atom is 0.0742 e. The minimum absolute atomic E-state index is 0.799. The smallest absolute Gasteiger partial charge is 0.0742 e. The highest BCUT2D eigenvalue weighted by Gasteiger charge is 2.25. The third-order valence-corrected chi connectivity index (χ3v) is 5.56. The molecule has 0 unspecified atom stereocenters. The molecule has 122 valence electrons. The number of benzene rings is 3. The Balaban J connectivity index is 1.91. The predicted molar refractivity (Wildman–Crippen MR) is 109 cm³/mol. The zero-order valence-electron chi connectivity index (χ0n) is 13.5. The molecule has 2 N–H and O–H groups in total. The van der Waals surface area contributed by atoms with Crippen molar-refractivity contribution in [3.63, 3.8) is 0 Å². The number of halogens is 1. The molecule has 25 heavy (non-hydrogen) atoms. The molecule has 0 saturated carbocycles. The van der Waals surface area contributed by atoms with Crippen molar-refractivity contribution in [3.05, 3.63) is 70.7 Å². The first kappa shape index (κ1) is 14.7. The molecular formula is C21H16BrN3. The Hall–Kier alpha value is -2.59. The van der Waals surface area contributed by atoms with Crippen LogP contribution < -0.4 is 10.6 Å². The molecule has 3 aromatic carbocycles. The second kappa shape index (κ2) is 5.46. The van der Waals surface area contributed by atoms with Crippen LogP contribution in [0.4, 0.5) is 17.1 Å². The van der Waals surface area contributed by atoms with E-state index in [1.165, 1.54) is 16.9 Å². The van der Waals surface area contributed by atoms with Crippen LogP contribution in [0.2, 0.25) is 0 Å². The number of nitrogens with two attached hydrogens (primary N) is 1. The molecule has 0 fully saturated rings. The summed E-state index contributed by atoms with van der Waals surface area (Å²) >= 11 is 3.74. The summed E-state index contributed by atoms with van der Waals surface area (Å²) in [6.45, 7) is 0.948. The predicted octanol–water partition coefficient (Wildman–Crippen LogP) is 5.43. The summed E-state index contributed by atoms with van der Waals surface area (Å²) in [7, 11) is 0. The number of fused-ring (bicyclic) bond motifs is 3. The number of para-hydroxylation sites is 1. The van der Waals surface area contributed by atoms with Crippen LogP contribution in [0.15, 0.2) is 65.1 Å². The molecule has 4 aromatic rings. The molecule has 0 aliphatic carbocycles. The van der Waals surface area contributed by atoms with E-state index in [4.69, 9.17) is 10.7 Å². The van der Waals surface area contributed by atoms with Gasteiger partial charge in [-0.3, -0.25) is 0 Å². The van der Waals surface area contributed by atoms with Crippen LogP contribution in [0.3, 0.4) is 0 Å².